The summed E-state index contributed by atoms with van der Waals surface area (Å²) in [5.74, 6) is 0.465. The number of carbonyl (C=O) groups is 1. The van der Waals surface area contributed by atoms with Gasteiger partial charge in [0.05, 0.1) is 21.1 Å². The van der Waals surface area contributed by atoms with Gasteiger partial charge in [-0.3, -0.25) is 19.8 Å². The smallest absolute Gasteiger partial charge is 0.269 e. The standard InChI is InChI=1S/C18H16N6OS4/c1-4-7-24-14(22-23-18(24)26)12-9(2)20-17(29-12)21-15(25)13-10(3)19-16(28-13)11-6-5-8-27-11/h4-6,8H,1,7H2,2-3H3,(H,23,26)(H,20,21,25). The lowest BCUT2D eigenvalue weighted by Crippen LogP contribution is -2.11. The first-order chi connectivity index (χ1) is 14.0. The molecule has 0 radical (unpaired) electrons. The molecule has 0 spiro atoms. The Morgan fingerprint density at radius 3 is 2.90 bits per heavy atom. The van der Waals surface area contributed by atoms with Gasteiger partial charge in [0.25, 0.3) is 5.91 Å². The van der Waals surface area contributed by atoms with Crippen molar-refractivity contribution in [2.75, 3.05) is 5.32 Å². The molecule has 4 heterocycles. The van der Waals surface area contributed by atoms with Gasteiger partial charge in [-0.15, -0.1) is 29.3 Å². The minimum absolute atomic E-state index is 0.215. The summed E-state index contributed by atoms with van der Waals surface area (Å²) in [6.07, 6.45) is 1.76. The van der Waals surface area contributed by atoms with Gasteiger partial charge in [0, 0.05) is 6.54 Å². The lowest BCUT2D eigenvalue weighted by molar-refractivity contribution is 0.103. The van der Waals surface area contributed by atoms with Crippen LogP contribution in [0.15, 0.2) is 30.2 Å². The molecule has 4 aromatic rings. The minimum atomic E-state index is -0.215. The molecule has 4 rings (SSSR count). The van der Waals surface area contributed by atoms with Crippen LogP contribution in [0.25, 0.3) is 20.6 Å². The number of thiophene rings is 1. The van der Waals surface area contributed by atoms with Gasteiger partial charge in [-0.1, -0.05) is 23.5 Å². The number of hydrogen-bond acceptors (Lipinski definition) is 8. The first-order valence-electron chi connectivity index (χ1n) is 8.54. The Morgan fingerprint density at radius 1 is 1.34 bits per heavy atom. The topological polar surface area (TPSA) is 88.5 Å². The third-order valence-corrected chi connectivity index (χ3v) is 7.60. The maximum absolute atomic E-state index is 12.8. The third-order valence-electron chi connectivity index (χ3n) is 4.02. The molecule has 0 aromatic carbocycles. The normalized spacial score (nSPS) is 11.0. The highest BCUT2D eigenvalue weighted by molar-refractivity contribution is 7.71. The molecule has 2 N–H and O–H groups in total. The zero-order valence-corrected chi connectivity index (χ0v) is 18.8. The first kappa shape index (κ1) is 19.8. The fourth-order valence-electron chi connectivity index (χ4n) is 2.71. The van der Waals surface area contributed by atoms with Crippen LogP contribution in [0, 0.1) is 18.6 Å². The Bertz CT molecular complexity index is 1240. The van der Waals surface area contributed by atoms with Crippen molar-refractivity contribution in [2.24, 2.45) is 0 Å². The Labute approximate surface area is 183 Å². The van der Waals surface area contributed by atoms with Crippen LogP contribution >= 0.6 is 46.2 Å². The van der Waals surface area contributed by atoms with E-state index in [4.69, 9.17) is 12.2 Å². The molecule has 0 aliphatic heterocycles. The number of aryl methyl sites for hydroxylation is 2. The van der Waals surface area contributed by atoms with Crippen molar-refractivity contribution in [2.45, 2.75) is 20.4 Å². The fourth-order valence-corrected chi connectivity index (χ4v) is 5.64. The number of aromatic amines is 1. The number of anilines is 1. The number of allylic oxidation sites excluding steroid dienone is 1. The second-order valence-corrected chi connectivity index (χ2v) is 9.38. The van der Waals surface area contributed by atoms with E-state index in [1.54, 1.807) is 17.4 Å². The first-order valence-corrected chi connectivity index (χ1v) is 11.5. The predicted molar refractivity (Wildman–Crippen MR) is 122 cm³/mol. The van der Waals surface area contributed by atoms with E-state index in [2.05, 4.69) is 32.1 Å². The zero-order chi connectivity index (χ0) is 20.5. The quantitative estimate of drug-likeness (QED) is 0.301. The summed E-state index contributed by atoms with van der Waals surface area (Å²) >= 11 is 9.62. The van der Waals surface area contributed by atoms with E-state index in [9.17, 15) is 4.79 Å². The Hall–Kier alpha value is -2.47. The molecule has 0 aliphatic rings. The highest BCUT2D eigenvalue weighted by atomic mass is 32.1. The number of hydrogen-bond donors (Lipinski definition) is 2. The van der Waals surface area contributed by atoms with Crippen molar-refractivity contribution in [1.82, 2.24) is 24.7 Å². The maximum atomic E-state index is 12.8. The van der Waals surface area contributed by atoms with Crippen LogP contribution < -0.4 is 5.32 Å². The number of amides is 1. The summed E-state index contributed by atoms with van der Waals surface area (Å²) in [5, 5.41) is 13.4. The van der Waals surface area contributed by atoms with Crippen molar-refractivity contribution >= 4 is 57.3 Å². The molecule has 0 saturated heterocycles. The van der Waals surface area contributed by atoms with Crippen LogP contribution in [0.2, 0.25) is 0 Å². The molecule has 7 nitrogen and oxygen atoms in total. The molecule has 0 bridgehead atoms. The van der Waals surface area contributed by atoms with E-state index in [0.717, 1.165) is 20.5 Å². The van der Waals surface area contributed by atoms with Crippen molar-refractivity contribution in [3.05, 3.63) is 51.2 Å². The van der Waals surface area contributed by atoms with Crippen LogP contribution in [0.4, 0.5) is 5.13 Å². The Morgan fingerprint density at radius 2 is 2.17 bits per heavy atom. The van der Waals surface area contributed by atoms with E-state index in [1.807, 2.05) is 35.9 Å². The fraction of sp³-hybridized carbons (Fsp3) is 0.167. The molecule has 4 aromatic heterocycles. The van der Waals surface area contributed by atoms with Crippen molar-refractivity contribution in [3.63, 3.8) is 0 Å². The monoisotopic (exact) mass is 460 g/mol. The molecule has 0 saturated carbocycles. The summed E-state index contributed by atoms with van der Waals surface area (Å²) in [7, 11) is 0. The van der Waals surface area contributed by atoms with Gasteiger partial charge in [-0.05, 0) is 37.5 Å². The van der Waals surface area contributed by atoms with Gasteiger partial charge in [-0.2, -0.15) is 5.10 Å². The molecule has 148 valence electrons. The van der Waals surface area contributed by atoms with E-state index >= 15 is 0 Å². The molecular weight excluding hydrogens is 445 g/mol. The molecule has 0 unspecified atom stereocenters. The van der Waals surface area contributed by atoms with Crippen LogP contribution in [-0.4, -0.2) is 30.6 Å². The highest BCUT2D eigenvalue weighted by Gasteiger charge is 2.20. The lowest BCUT2D eigenvalue weighted by atomic mass is 10.3. The molecule has 0 fully saturated rings. The van der Waals surface area contributed by atoms with Crippen LogP contribution in [0.5, 0.6) is 0 Å². The average Bonchev–Trinajstić information content (AvgIpc) is 3.45. The number of aromatic nitrogens is 5. The second-order valence-electron chi connectivity index (χ2n) is 6.05. The number of nitrogens with one attached hydrogen (secondary N) is 2. The van der Waals surface area contributed by atoms with Crippen molar-refractivity contribution in [1.29, 1.82) is 0 Å². The summed E-state index contributed by atoms with van der Waals surface area (Å²) in [6.45, 7) is 8.02. The van der Waals surface area contributed by atoms with Crippen LogP contribution in [-0.2, 0) is 6.54 Å². The molecule has 29 heavy (non-hydrogen) atoms. The molecule has 0 atom stereocenters. The molecular formula is C18H16N6OS4. The summed E-state index contributed by atoms with van der Waals surface area (Å²) in [4.78, 5) is 24.3. The van der Waals surface area contributed by atoms with Gasteiger partial charge >= 0.3 is 0 Å². The third kappa shape index (κ3) is 3.86. The summed E-state index contributed by atoms with van der Waals surface area (Å²) in [6, 6.07) is 3.97. The Balaban J connectivity index is 1.60. The van der Waals surface area contributed by atoms with Crippen LogP contribution in [0.1, 0.15) is 21.1 Å². The molecule has 11 heteroatoms. The van der Waals surface area contributed by atoms with E-state index in [1.165, 1.54) is 22.7 Å². The maximum Gasteiger partial charge on any atom is 0.269 e. The van der Waals surface area contributed by atoms with Crippen LogP contribution in [0.3, 0.4) is 0 Å². The lowest BCUT2D eigenvalue weighted by Gasteiger charge is -2.01. The van der Waals surface area contributed by atoms with Gasteiger partial charge < -0.3 is 0 Å². The highest BCUT2D eigenvalue weighted by Crippen LogP contribution is 2.34. The largest absolute Gasteiger partial charge is 0.297 e. The SMILES string of the molecule is C=CCn1c(-c2sc(NC(=O)c3sc(-c4cccs4)nc3C)nc2C)n[nH]c1=S. The van der Waals surface area contributed by atoms with Gasteiger partial charge in [0.1, 0.15) is 9.88 Å². The zero-order valence-electron chi connectivity index (χ0n) is 15.6. The van der Waals surface area contributed by atoms with E-state index < -0.39 is 0 Å². The number of carbonyl (C=O) groups excluding carboxylic acids is 1. The van der Waals surface area contributed by atoms with E-state index in [0.29, 0.717) is 32.8 Å². The Kier molecular flexibility index (Phi) is 5.54. The summed E-state index contributed by atoms with van der Waals surface area (Å²) < 4.78 is 2.36. The van der Waals surface area contributed by atoms with Gasteiger partial charge in [-0.25, -0.2) is 9.97 Å². The predicted octanol–water partition coefficient (Wildman–Crippen LogP) is 5.30. The van der Waals surface area contributed by atoms with Gasteiger partial charge in [0.15, 0.2) is 15.7 Å². The van der Waals surface area contributed by atoms with Crippen molar-refractivity contribution in [3.8, 4) is 20.6 Å². The number of thiazole rings is 2. The molecule has 0 aliphatic carbocycles. The summed E-state index contributed by atoms with van der Waals surface area (Å²) in [5.41, 5.74) is 1.47. The minimum Gasteiger partial charge on any atom is -0.297 e. The van der Waals surface area contributed by atoms with Gasteiger partial charge in [0.2, 0.25) is 0 Å². The van der Waals surface area contributed by atoms with Crippen molar-refractivity contribution < 1.29 is 4.79 Å². The molecule has 1 amide bonds. The second kappa shape index (κ2) is 8.11. The number of rotatable bonds is 6. The number of H-pyrrole nitrogens is 1. The van der Waals surface area contributed by atoms with E-state index in [-0.39, 0.29) is 5.91 Å². The number of nitrogens with zero attached hydrogens (tertiary/aromatic N) is 4. The average molecular weight is 461 g/mol.